The number of amides is 2. The van der Waals surface area contributed by atoms with Crippen molar-refractivity contribution in [3.8, 4) is 5.75 Å². The third kappa shape index (κ3) is 8.67. The van der Waals surface area contributed by atoms with Crippen LogP contribution < -0.4 is 15.8 Å². The summed E-state index contributed by atoms with van der Waals surface area (Å²) in [4.78, 5) is 26.0. The number of hydrogen-bond donors (Lipinski definition) is 2. The zero-order valence-corrected chi connectivity index (χ0v) is 20.0. The van der Waals surface area contributed by atoms with E-state index in [0.717, 1.165) is 29.3 Å². The smallest absolute Gasteiger partial charge is 0.261 e. The number of benzene rings is 2. The van der Waals surface area contributed by atoms with Crippen LogP contribution in [0.5, 0.6) is 5.75 Å². The summed E-state index contributed by atoms with van der Waals surface area (Å²) < 4.78 is 6.55. The molecule has 8 heteroatoms. The molecule has 0 bridgehead atoms. The van der Waals surface area contributed by atoms with Crippen LogP contribution in [-0.4, -0.2) is 41.5 Å². The van der Waals surface area contributed by atoms with E-state index >= 15 is 0 Å². The number of nitrogens with one attached hydrogen (secondary N) is 1. The molecule has 0 aliphatic rings. The van der Waals surface area contributed by atoms with Crippen LogP contribution in [0.25, 0.3) is 0 Å². The number of halogens is 1. The lowest BCUT2D eigenvalue weighted by Gasteiger charge is -2.25. The molecular formula is C23H28BrN3O3S. The van der Waals surface area contributed by atoms with Crippen LogP contribution >= 0.6 is 28.1 Å². The number of primary amides is 1. The Balaban J connectivity index is 2.09. The molecular weight excluding hydrogens is 478 g/mol. The number of carbonyl (C=O) groups excluding carboxylic acids is 2. The lowest BCUT2D eigenvalue weighted by atomic mass is 10.1. The van der Waals surface area contributed by atoms with Gasteiger partial charge < -0.3 is 15.4 Å². The predicted molar refractivity (Wildman–Crippen MR) is 130 cm³/mol. The summed E-state index contributed by atoms with van der Waals surface area (Å²) >= 11 is 8.89. The van der Waals surface area contributed by atoms with Crippen molar-refractivity contribution in [1.29, 1.82) is 0 Å². The van der Waals surface area contributed by atoms with Crippen molar-refractivity contribution in [2.24, 2.45) is 5.73 Å². The van der Waals surface area contributed by atoms with Gasteiger partial charge in [-0.25, -0.2) is 0 Å². The fourth-order valence-electron chi connectivity index (χ4n) is 2.84. The largest absolute Gasteiger partial charge is 0.493 e. The Kier molecular flexibility index (Phi) is 10.5. The van der Waals surface area contributed by atoms with E-state index in [1.54, 1.807) is 17.0 Å². The molecule has 166 valence electrons. The maximum absolute atomic E-state index is 13.0. The van der Waals surface area contributed by atoms with Gasteiger partial charge in [0.1, 0.15) is 5.75 Å². The van der Waals surface area contributed by atoms with Gasteiger partial charge in [0.15, 0.2) is 5.11 Å². The van der Waals surface area contributed by atoms with Crippen molar-refractivity contribution in [1.82, 2.24) is 10.2 Å². The number of ether oxygens (including phenoxy) is 1. The first-order valence-electron chi connectivity index (χ1n) is 10.3. The quantitative estimate of drug-likeness (QED) is 0.355. The first-order chi connectivity index (χ1) is 14.9. The third-order valence-corrected chi connectivity index (χ3v) is 5.44. The van der Waals surface area contributed by atoms with Crippen LogP contribution in [-0.2, 0) is 11.2 Å². The first kappa shape index (κ1) is 24.8. The van der Waals surface area contributed by atoms with Gasteiger partial charge in [-0.3, -0.25) is 14.9 Å². The second kappa shape index (κ2) is 13.1. The van der Waals surface area contributed by atoms with Crippen LogP contribution in [0, 0.1) is 0 Å². The average Bonchev–Trinajstić information content (AvgIpc) is 2.75. The van der Waals surface area contributed by atoms with Crippen LogP contribution in [0.2, 0.25) is 0 Å². The molecule has 6 nitrogen and oxygen atoms in total. The highest BCUT2D eigenvalue weighted by atomic mass is 79.9. The summed E-state index contributed by atoms with van der Waals surface area (Å²) in [6.45, 7) is 3.49. The van der Waals surface area contributed by atoms with Crippen molar-refractivity contribution < 1.29 is 14.3 Å². The molecule has 0 radical (unpaired) electrons. The van der Waals surface area contributed by atoms with Gasteiger partial charge in [-0.15, -0.1) is 0 Å². The molecule has 0 fully saturated rings. The number of carbonyl (C=O) groups is 2. The number of nitrogens with two attached hydrogens (primary N) is 1. The van der Waals surface area contributed by atoms with Gasteiger partial charge in [0, 0.05) is 24.0 Å². The van der Waals surface area contributed by atoms with Crippen molar-refractivity contribution in [3.63, 3.8) is 0 Å². The maximum atomic E-state index is 13.0. The molecule has 0 aliphatic heterocycles. The minimum atomic E-state index is -0.419. The van der Waals surface area contributed by atoms with E-state index in [9.17, 15) is 9.59 Å². The highest BCUT2D eigenvalue weighted by Crippen LogP contribution is 2.23. The Bertz CT molecular complexity index is 893. The van der Waals surface area contributed by atoms with Gasteiger partial charge in [0.05, 0.1) is 12.2 Å². The number of unbranched alkanes of at least 4 members (excludes halogenated alkanes) is 1. The molecule has 0 unspecified atom stereocenters. The summed E-state index contributed by atoms with van der Waals surface area (Å²) in [7, 11) is 0. The molecule has 2 aromatic rings. The van der Waals surface area contributed by atoms with Crippen LogP contribution in [0.15, 0.2) is 53.0 Å². The standard InChI is InChI=1S/C23H28BrN3O3S/c1-2-3-15-30-20-10-9-18(24)16-19(20)22(29)26-23(31)27(14-12-21(25)28)13-11-17-7-5-4-6-8-17/h4-10,16H,2-3,11-15H2,1H3,(H2,25,28)(H,26,29,31). The molecule has 0 saturated carbocycles. The molecule has 0 aliphatic carbocycles. The van der Waals surface area contributed by atoms with Crippen molar-refractivity contribution in [2.75, 3.05) is 19.7 Å². The lowest BCUT2D eigenvalue weighted by Crippen LogP contribution is -2.44. The van der Waals surface area contributed by atoms with Gasteiger partial charge in [-0.2, -0.15) is 0 Å². The van der Waals surface area contributed by atoms with E-state index in [4.69, 9.17) is 22.7 Å². The Labute approximate surface area is 197 Å². The van der Waals surface area contributed by atoms with E-state index in [1.807, 2.05) is 36.4 Å². The average molecular weight is 506 g/mol. The summed E-state index contributed by atoms with van der Waals surface area (Å²) in [6.07, 6.45) is 2.76. The van der Waals surface area contributed by atoms with Crippen molar-refractivity contribution in [3.05, 3.63) is 64.1 Å². The lowest BCUT2D eigenvalue weighted by molar-refractivity contribution is -0.118. The molecule has 2 aromatic carbocycles. The van der Waals surface area contributed by atoms with Gasteiger partial charge >= 0.3 is 0 Å². The number of hydrogen-bond acceptors (Lipinski definition) is 4. The molecule has 0 saturated heterocycles. The molecule has 0 atom stereocenters. The van der Waals surface area contributed by atoms with E-state index in [1.165, 1.54) is 0 Å². The fraction of sp³-hybridized carbons (Fsp3) is 0.348. The zero-order valence-electron chi connectivity index (χ0n) is 17.6. The summed E-state index contributed by atoms with van der Waals surface area (Å²) in [5.41, 5.74) is 6.85. The first-order valence-corrected chi connectivity index (χ1v) is 11.5. The number of rotatable bonds is 11. The van der Waals surface area contributed by atoms with E-state index in [-0.39, 0.29) is 17.4 Å². The second-order valence-electron chi connectivity index (χ2n) is 7.04. The zero-order chi connectivity index (χ0) is 22.6. The third-order valence-electron chi connectivity index (χ3n) is 4.59. The van der Waals surface area contributed by atoms with Crippen molar-refractivity contribution >= 4 is 45.1 Å². The van der Waals surface area contributed by atoms with Crippen molar-refractivity contribution in [2.45, 2.75) is 32.6 Å². The van der Waals surface area contributed by atoms with Crippen LogP contribution in [0.4, 0.5) is 0 Å². The van der Waals surface area contributed by atoms with Crippen LogP contribution in [0.1, 0.15) is 42.1 Å². The molecule has 2 amide bonds. The van der Waals surface area contributed by atoms with Gasteiger partial charge in [0.25, 0.3) is 5.91 Å². The second-order valence-corrected chi connectivity index (χ2v) is 8.34. The van der Waals surface area contributed by atoms with Gasteiger partial charge in [-0.05, 0) is 48.8 Å². The molecule has 0 spiro atoms. The monoisotopic (exact) mass is 505 g/mol. The molecule has 3 N–H and O–H groups in total. The normalized spacial score (nSPS) is 10.4. The SMILES string of the molecule is CCCCOc1ccc(Br)cc1C(=O)NC(=S)N(CCC(N)=O)CCc1ccccc1. The van der Waals surface area contributed by atoms with Crippen LogP contribution in [0.3, 0.4) is 0 Å². The Morgan fingerprint density at radius 3 is 2.58 bits per heavy atom. The summed E-state index contributed by atoms with van der Waals surface area (Å²) in [5, 5.41) is 3.03. The van der Waals surface area contributed by atoms with Gasteiger partial charge in [-0.1, -0.05) is 59.6 Å². The Morgan fingerprint density at radius 1 is 1.16 bits per heavy atom. The minimum absolute atomic E-state index is 0.146. The van der Waals surface area contributed by atoms with E-state index < -0.39 is 5.91 Å². The number of thiocarbonyl (C=S) groups is 1. The summed E-state index contributed by atoms with van der Waals surface area (Å²) in [5.74, 6) is -0.274. The molecule has 0 heterocycles. The van der Waals surface area contributed by atoms with E-state index in [0.29, 0.717) is 31.0 Å². The molecule has 2 rings (SSSR count). The fourth-order valence-corrected chi connectivity index (χ4v) is 3.48. The topological polar surface area (TPSA) is 84.7 Å². The summed E-state index contributed by atoms with van der Waals surface area (Å²) in [6, 6.07) is 15.2. The predicted octanol–water partition coefficient (Wildman–Crippen LogP) is 4.06. The highest BCUT2D eigenvalue weighted by Gasteiger charge is 2.18. The molecule has 31 heavy (non-hydrogen) atoms. The highest BCUT2D eigenvalue weighted by molar-refractivity contribution is 9.10. The Morgan fingerprint density at radius 2 is 1.90 bits per heavy atom. The minimum Gasteiger partial charge on any atom is -0.493 e. The maximum Gasteiger partial charge on any atom is 0.261 e. The van der Waals surface area contributed by atoms with E-state index in [2.05, 4.69) is 28.2 Å². The molecule has 0 aromatic heterocycles. The number of nitrogens with zero attached hydrogens (tertiary/aromatic N) is 1. The van der Waals surface area contributed by atoms with Gasteiger partial charge in [0.2, 0.25) is 5.91 Å². The Hall–Kier alpha value is -2.45.